The maximum atomic E-state index is 12.0. The van der Waals surface area contributed by atoms with Gasteiger partial charge in [0.05, 0.1) is 32.6 Å². The monoisotopic (exact) mass is 776 g/mol. The molecule has 0 radical (unpaired) electrons. The van der Waals surface area contributed by atoms with Gasteiger partial charge in [-0.05, 0) is 119 Å². The van der Waals surface area contributed by atoms with Gasteiger partial charge < -0.3 is 9.97 Å². The van der Waals surface area contributed by atoms with Crippen LogP contribution in [0.25, 0.3) is 90.9 Å². The molecule has 56 heavy (non-hydrogen) atoms. The maximum Gasteiger partial charge on any atom is 0.294 e. The Kier molecular flexibility index (Phi) is 8.40. The van der Waals surface area contributed by atoms with E-state index >= 15 is 0 Å². The molecule has 0 atom stereocenters. The fraction of sp³-hybridized carbons (Fsp3) is 0. The minimum Gasteiger partial charge on any atom is -0.354 e. The van der Waals surface area contributed by atoms with Gasteiger partial charge in [-0.25, -0.2) is 9.97 Å². The summed E-state index contributed by atoms with van der Waals surface area (Å²) in [6.07, 6.45) is 14.4. The van der Waals surface area contributed by atoms with Crippen molar-refractivity contribution in [3.63, 3.8) is 0 Å². The third-order valence-electron chi connectivity index (χ3n) is 9.57. The second-order valence-corrected chi connectivity index (χ2v) is 15.8. The van der Waals surface area contributed by atoms with E-state index < -0.39 is 20.2 Å². The molecule has 0 aliphatic carbocycles. The molecule has 4 N–H and O–H groups in total. The normalized spacial score (nSPS) is 12.6. The van der Waals surface area contributed by atoms with Crippen LogP contribution in [0.1, 0.15) is 22.8 Å². The molecule has 0 spiro atoms. The van der Waals surface area contributed by atoms with Crippen LogP contribution in [0.5, 0.6) is 0 Å². The zero-order valence-electron chi connectivity index (χ0n) is 29.0. The lowest BCUT2D eigenvalue weighted by Gasteiger charge is -2.07. The number of benzene rings is 2. The molecule has 0 saturated heterocycles. The Balaban J connectivity index is 1.44. The Morgan fingerprint density at radius 1 is 0.375 bits per heavy atom. The van der Waals surface area contributed by atoms with Crippen LogP contribution in [0.3, 0.4) is 0 Å². The zero-order valence-corrected chi connectivity index (χ0v) is 30.6. The second-order valence-electron chi connectivity index (χ2n) is 13.0. The van der Waals surface area contributed by atoms with Crippen LogP contribution in [0.15, 0.2) is 132 Å². The van der Waals surface area contributed by atoms with E-state index in [4.69, 9.17) is 9.97 Å². The predicted octanol–water partition coefficient (Wildman–Crippen LogP) is 8.61. The summed E-state index contributed by atoms with van der Waals surface area (Å²) < 4.78 is 67.3. The van der Waals surface area contributed by atoms with Crippen LogP contribution in [0, 0.1) is 0 Å². The lowest BCUT2D eigenvalue weighted by Crippen LogP contribution is -1.97. The summed E-state index contributed by atoms with van der Waals surface area (Å²) in [6, 6.07) is 27.2. The molecule has 9 rings (SSSR count). The summed E-state index contributed by atoms with van der Waals surface area (Å²) in [5.74, 6) is 0. The summed E-state index contributed by atoms with van der Waals surface area (Å²) in [5, 5.41) is 0. The van der Waals surface area contributed by atoms with E-state index in [1.807, 2.05) is 72.8 Å². The molecule has 0 amide bonds. The predicted molar refractivity (Wildman–Crippen MR) is 216 cm³/mol. The lowest BCUT2D eigenvalue weighted by molar-refractivity contribution is 0.481. The van der Waals surface area contributed by atoms with E-state index in [0.717, 1.165) is 33.3 Å². The Hall–Kier alpha value is -6.84. The number of H-pyrrole nitrogens is 2. The van der Waals surface area contributed by atoms with Gasteiger partial charge in [0, 0.05) is 69.1 Å². The van der Waals surface area contributed by atoms with Crippen LogP contribution in [-0.2, 0) is 20.2 Å². The number of hydrogen-bond acceptors (Lipinski definition) is 8. The maximum absolute atomic E-state index is 12.0. The first-order valence-electron chi connectivity index (χ1n) is 17.1. The van der Waals surface area contributed by atoms with Crippen molar-refractivity contribution in [3.8, 4) is 44.5 Å². The van der Waals surface area contributed by atoms with Crippen molar-refractivity contribution in [1.29, 1.82) is 0 Å². The third kappa shape index (κ3) is 6.41. The molecule has 0 unspecified atom stereocenters. The number of fused-ring (bicyclic) bond motifs is 8. The van der Waals surface area contributed by atoms with Crippen molar-refractivity contribution in [2.24, 2.45) is 0 Å². The minimum atomic E-state index is -4.42. The van der Waals surface area contributed by atoms with E-state index in [9.17, 15) is 25.9 Å². The van der Waals surface area contributed by atoms with E-state index in [0.29, 0.717) is 56.1 Å². The number of aromatic nitrogens is 6. The molecule has 0 saturated carbocycles. The summed E-state index contributed by atoms with van der Waals surface area (Å²) in [6.45, 7) is 0. The Morgan fingerprint density at radius 3 is 0.911 bits per heavy atom. The van der Waals surface area contributed by atoms with Crippen LogP contribution in [0.2, 0.25) is 0 Å². The highest BCUT2D eigenvalue weighted by molar-refractivity contribution is 7.86. The van der Waals surface area contributed by atoms with Crippen molar-refractivity contribution in [1.82, 2.24) is 29.9 Å². The standard InChI is InChI=1S/C42H28N6O6S2/c49-55(50,51)29-5-1-25(2-6-29)39-31-9-13-35(45-31)41(27-17-21-43-22-18-27)37-15-11-33(47-37)40(26-3-7-30(8-4-26)56(52,53)54)34-12-16-38(48-34)42(28-19-23-44-24-20-28)36-14-10-32(39)46-36/h1-24,45,48H,(H,49,50,51)(H,52,53,54). The van der Waals surface area contributed by atoms with E-state index in [2.05, 4.69) is 19.9 Å². The molecular weight excluding hydrogens is 749 g/mol. The van der Waals surface area contributed by atoms with Gasteiger partial charge in [-0.1, -0.05) is 24.3 Å². The fourth-order valence-electron chi connectivity index (χ4n) is 7.04. The molecule has 5 aromatic heterocycles. The van der Waals surface area contributed by atoms with Gasteiger partial charge in [0.2, 0.25) is 0 Å². The first-order valence-corrected chi connectivity index (χ1v) is 20.0. The molecule has 274 valence electrons. The number of rotatable bonds is 6. The van der Waals surface area contributed by atoms with Crippen molar-refractivity contribution in [3.05, 3.63) is 145 Å². The molecule has 8 bridgehead atoms. The summed E-state index contributed by atoms with van der Waals surface area (Å²) >= 11 is 0. The van der Waals surface area contributed by atoms with Crippen LogP contribution in [-0.4, -0.2) is 55.8 Å². The van der Waals surface area contributed by atoms with Crippen molar-refractivity contribution < 1.29 is 25.9 Å². The fourth-order valence-corrected chi connectivity index (χ4v) is 8.00. The number of aromatic amines is 2. The summed E-state index contributed by atoms with van der Waals surface area (Å²) in [5.41, 5.74) is 11.2. The largest absolute Gasteiger partial charge is 0.354 e. The first-order chi connectivity index (χ1) is 27.0. The molecule has 7 aromatic rings. The molecule has 2 aliphatic heterocycles. The van der Waals surface area contributed by atoms with Crippen LogP contribution >= 0.6 is 0 Å². The van der Waals surface area contributed by atoms with Crippen molar-refractivity contribution in [2.45, 2.75) is 9.79 Å². The molecule has 14 heteroatoms. The van der Waals surface area contributed by atoms with Gasteiger partial charge in [0.25, 0.3) is 20.2 Å². The highest BCUT2D eigenvalue weighted by atomic mass is 32.2. The summed E-state index contributed by atoms with van der Waals surface area (Å²) in [7, 11) is -8.85. The second kappa shape index (κ2) is 13.5. The van der Waals surface area contributed by atoms with Gasteiger partial charge in [-0.3, -0.25) is 19.1 Å². The topological polar surface area (TPSA) is 192 Å². The Labute approximate surface area is 320 Å². The van der Waals surface area contributed by atoms with Crippen molar-refractivity contribution >= 4 is 66.6 Å². The first kappa shape index (κ1) is 34.9. The molecule has 12 nitrogen and oxygen atoms in total. The van der Waals surface area contributed by atoms with Gasteiger partial charge in [-0.15, -0.1) is 0 Å². The van der Waals surface area contributed by atoms with Crippen LogP contribution in [0.4, 0.5) is 0 Å². The highest BCUT2D eigenvalue weighted by Crippen LogP contribution is 2.38. The van der Waals surface area contributed by atoms with Gasteiger partial charge in [0.15, 0.2) is 0 Å². The van der Waals surface area contributed by atoms with Gasteiger partial charge in [-0.2, -0.15) is 16.8 Å². The van der Waals surface area contributed by atoms with Gasteiger partial charge in [0.1, 0.15) is 0 Å². The molecule has 2 aromatic carbocycles. The van der Waals surface area contributed by atoms with E-state index in [1.54, 1.807) is 49.1 Å². The van der Waals surface area contributed by atoms with E-state index in [-0.39, 0.29) is 9.79 Å². The number of nitrogens with one attached hydrogen (secondary N) is 2. The summed E-state index contributed by atoms with van der Waals surface area (Å²) in [4.78, 5) is 25.5. The number of pyridine rings is 2. The van der Waals surface area contributed by atoms with Crippen molar-refractivity contribution in [2.75, 3.05) is 0 Å². The Morgan fingerprint density at radius 2 is 0.643 bits per heavy atom. The molecular formula is C42H28N6O6S2. The highest BCUT2D eigenvalue weighted by Gasteiger charge is 2.20. The quantitative estimate of drug-likeness (QED) is 0.119. The average Bonchev–Trinajstić information content (AvgIpc) is 4.03. The number of nitrogens with zero attached hydrogens (tertiary/aromatic N) is 4. The molecule has 2 aliphatic rings. The number of hydrogen-bond donors (Lipinski definition) is 4. The van der Waals surface area contributed by atoms with E-state index in [1.165, 1.54) is 24.3 Å². The lowest BCUT2D eigenvalue weighted by atomic mass is 10.0. The Bertz CT molecular complexity index is 2940. The zero-order chi connectivity index (χ0) is 38.6. The van der Waals surface area contributed by atoms with Gasteiger partial charge >= 0.3 is 0 Å². The third-order valence-corrected chi connectivity index (χ3v) is 11.3. The molecule has 7 heterocycles. The minimum absolute atomic E-state index is 0.230. The van der Waals surface area contributed by atoms with Crippen LogP contribution < -0.4 is 0 Å². The smallest absolute Gasteiger partial charge is 0.294 e. The molecule has 0 fully saturated rings. The average molecular weight is 777 g/mol. The SMILES string of the molecule is O=S(=O)(O)c1ccc(-c2c3nc(c(-c4ccncc4)c4ccc([nH]4)c(-c4ccc(S(=O)(=O)O)cc4)c4nc(c(-c5ccncc5)c5ccc2[nH]5)C=C4)C=C3)cc1.